The number of anilines is 1. The summed E-state index contributed by atoms with van der Waals surface area (Å²) >= 11 is 0. The van der Waals surface area contributed by atoms with Crippen LogP contribution in [0, 0.1) is 0 Å². The maximum absolute atomic E-state index is 13.5. The van der Waals surface area contributed by atoms with Crippen molar-refractivity contribution in [1.82, 2.24) is 24.4 Å². The van der Waals surface area contributed by atoms with Crippen LogP contribution in [-0.2, 0) is 23.9 Å². The second-order valence-corrected chi connectivity index (χ2v) is 8.70. The normalized spacial score (nSPS) is 14.4. The van der Waals surface area contributed by atoms with E-state index in [1.54, 1.807) is 23.5 Å². The molecular formula is C26H25F3N6O. The van der Waals surface area contributed by atoms with Crippen molar-refractivity contribution >= 4 is 22.6 Å². The topological polar surface area (TPSA) is 67.2 Å². The summed E-state index contributed by atoms with van der Waals surface area (Å²) in [6.45, 7) is 4.05. The summed E-state index contributed by atoms with van der Waals surface area (Å²) in [4.78, 5) is 29.7. The average molecular weight is 495 g/mol. The van der Waals surface area contributed by atoms with Crippen LogP contribution in [0.5, 0.6) is 0 Å². The Hall–Kier alpha value is -3.95. The zero-order valence-corrected chi connectivity index (χ0v) is 19.7. The van der Waals surface area contributed by atoms with Crippen LogP contribution in [0.25, 0.3) is 22.2 Å². The molecule has 1 fully saturated rings. The van der Waals surface area contributed by atoms with Gasteiger partial charge in [0, 0.05) is 79.6 Å². The molecule has 0 spiro atoms. The molecule has 36 heavy (non-hydrogen) atoms. The van der Waals surface area contributed by atoms with Gasteiger partial charge >= 0.3 is 6.18 Å². The van der Waals surface area contributed by atoms with Gasteiger partial charge in [0.05, 0.1) is 5.56 Å². The van der Waals surface area contributed by atoms with Gasteiger partial charge in [0.1, 0.15) is 18.0 Å². The van der Waals surface area contributed by atoms with Crippen molar-refractivity contribution in [3.8, 4) is 11.1 Å². The van der Waals surface area contributed by atoms with Crippen LogP contribution in [0.3, 0.4) is 0 Å². The van der Waals surface area contributed by atoms with Crippen molar-refractivity contribution in [2.45, 2.75) is 26.1 Å². The quantitative estimate of drug-likeness (QED) is 0.411. The number of aryl methyl sites for hydroxylation is 1. The number of rotatable bonds is 5. The van der Waals surface area contributed by atoms with Crippen LogP contribution in [0.4, 0.5) is 18.9 Å². The fraction of sp³-hybridized carbons (Fsp3) is 0.308. The molecule has 4 aromatic rings. The van der Waals surface area contributed by atoms with Crippen LogP contribution in [0.15, 0.2) is 61.2 Å². The highest BCUT2D eigenvalue weighted by Gasteiger charge is 2.32. The first kappa shape index (κ1) is 23.8. The number of pyridine rings is 1. The largest absolute Gasteiger partial charge is 0.416 e. The van der Waals surface area contributed by atoms with Gasteiger partial charge in [-0.2, -0.15) is 13.2 Å². The van der Waals surface area contributed by atoms with Gasteiger partial charge in [-0.1, -0.05) is 6.92 Å². The molecule has 0 atom stereocenters. The number of piperazine rings is 1. The average Bonchev–Trinajstić information content (AvgIpc) is 3.30. The third-order valence-electron chi connectivity index (χ3n) is 6.46. The number of hydrogen-bond donors (Lipinski definition) is 0. The molecule has 0 radical (unpaired) electrons. The molecule has 1 amide bonds. The molecule has 1 aliphatic rings. The van der Waals surface area contributed by atoms with Crippen LogP contribution >= 0.6 is 0 Å². The van der Waals surface area contributed by atoms with Crippen LogP contribution in [0.1, 0.15) is 18.3 Å². The smallest absolute Gasteiger partial charge is 0.367 e. The number of fused-ring (bicyclic) bond motifs is 1. The molecule has 186 valence electrons. The molecule has 10 heteroatoms. The number of alkyl halides is 3. The molecular weight excluding hydrogens is 469 g/mol. The number of aromatic nitrogens is 4. The Bertz CT molecular complexity index is 1370. The zero-order chi connectivity index (χ0) is 25.3. The highest BCUT2D eigenvalue weighted by molar-refractivity contribution is 5.82. The van der Waals surface area contributed by atoms with Crippen molar-refractivity contribution in [2.75, 3.05) is 31.1 Å². The fourth-order valence-corrected chi connectivity index (χ4v) is 4.49. The lowest BCUT2D eigenvalue weighted by molar-refractivity contribution is -0.137. The summed E-state index contributed by atoms with van der Waals surface area (Å²) in [5, 5.41) is 0.973. The molecule has 5 rings (SSSR count). The predicted molar refractivity (Wildman–Crippen MR) is 130 cm³/mol. The zero-order valence-electron chi connectivity index (χ0n) is 19.7. The minimum absolute atomic E-state index is 0.0194. The Labute approximate surface area is 206 Å². The summed E-state index contributed by atoms with van der Waals surface area (Å²) in [6.07, 6.45) is 2.87. The second kappa shape index (κ2) is 9.60. The molecule has 7 nitrogen and oxygen atoms in total. The summed E-state index contributed by atoms with van der Waals surface area (Å²) in [5.74, 6) is 0.610. The van der Waals surface area contributed by atoms with E-state index >= 15 is 0 Å². The molecule has 1 saturated heterocycles. The van der Waals surface area contributed by atoms with Gasteiger partial charge in [0.2, 0.25) is 5.91 Å². The lowest BCUT2D eigenvalue weighted by atomic mass is 10.0. The number of carbonyl (C=O) groups is 1. The highest BCUT2D eigenvalue weighted by atomic mass is 19.4. The Morgan fingerprint density at radius 3 is 2.44 bits per heavy atom. The van der Waals surface area contributed by atoms with E-state index < -0.39 is 11.7 Å². The Balaban J connectivity index is 1.34. The molecule has 3 aromatic heterocycles. The van der Waals surface area contributed by atoms with Gasteiger partial charge in [-0.05, 0) is 36.4 Å². The molecule has 0 aliphatic carbocycles. The van der Waals surface area contributed by atoms with E-state index in [2.05, 4.69) is 15.0 Å². The first-order valence-electron chi connectivity index (χ1n) is 11.8. The van der Waals surface area contributed by atoms with E-state index in [9.17, 15) is 18.0 Å². The molecule has 4 heterocycles. The first-order chi connectivity index (χ1) is 17.3. The lowest BCUT2D eigenvalue weighted by Gasteiger charge is -2.37. The third-order valence-corrected chi connectivity index (χ3v) is 6.46. The fourth-order valence-electron chi connectivity index (χ4n) is 4.49. The van der Waals surface area contributed by atoms with Crippen LogP contribution in [0.2, 0.25) is 0 Å². The monoisotopic (exact) mass is 494 g/mol. The van der Waals surface area contributed by atoms with E-state index in [0.717, 1.165) is 23.2 Å². The van der Waals surface area contributed by atoms with Crippen molar-refractivity contribution in [3.63, 3.8) is 0 Å². The second-order valence-electron chi connectivity index (χ2n) is 8.70. The minimum atomic E-state index is -4.46. The van der Waals surface area contributed by atoms with Crippen molar-refractivity contribution in [1.29, 1.82) is 0 Å². The van der Waals surface area contributed by atoms with Crippen molar-refractivity contribution in [3.05, 3.63) is 72.6 Å². The molecule has 0 bridgehead atoms. The molecule has 1 aromatic carbocycles. The van der Waals surface area contributed by atoms with Gasteiger partial charge in [-0.15, -0.1) is 0 Å². The highest BCUT2D eigenvalue weighted by Crippen LogP contribution is 2.37. The number of benzene rings is 1. The molecule has 0 saturated carbocycles. The molecule has 0 unspecified atom stereocenters. The molecule has 1 aliphatic heterocycles. The number of halogens is 3. The van der Waals surface area contributed by atoms with E-state index in [1.165, 1.54) is 6.07 Å². The van der Waals surface area contributed by atoms with Gasteiger partial charge < -0.3 is 14.4 Å². The molecule has 0 N–H and O–H groups in total. The maximum atomic E-state index is 13.5. The van der Waals surface area contributed by atoms with Crippen LogP contribution in [-0.4, -0.2) is 56.5 Å². The summed E-state index contributed by atoms with van der Waals surface area (Å²) < 4.78 is 42.3. The number of carbonyl (C=O) groups excluding carboxylic acids is 1. The number of nitrogens with zero attached hydrogens (tertiary/aromatic N) is 6. The van der Waals surface area contributed by atoms with Gasteiger partial charge in [-0.3, -0.25) is 4.79 Å². The minimum Gasteiger partial charge on any atom is -0.367 e. The van der Waals surface area contributed by atoms with E-state index in [-0.39, 0.29) is 12.5 Å². The first-order valence-corrected chi connectivity index (χ1v) is 11.8. The Morgan fingerprint density at radius 1 is 1.00 bits per heavy atom. The lowest BCUT2D eigenvalue weighted by Crippen LogP contribution is -2.49. The summed E-state index contributed by atoms with van der Waals surface area (Å²) in [6, 6.07) is 9.48. The van der Waals surface area contributed by atoms with Crippen molar-refractivity contribution in [2.24, 2.45) is 0 Å². The maximum Gasteiger partial charge on any atom is 0.416 e. The Kier molecular flexibility index (Phi) is 6.34. The Morgan fingerprint density at radius 2 is 1.75 bits per heavy atom. The van der Waals surface area contributed by atoms with E-state index in [0.29, 0.717) is 55.2 Å². The van der Waals surface area contributed by atoms with Crippen molar-refractivity contribution < 1.29 is 18.0 Å². The van der Waals surface area contributed by atoms with Gasteiger partial charge in [0.25, 0.3) is 0 Å². The SMILES string of the molecule is CCc1ncc(-c2cc(C(F)(F)F)ccc2N2CCN(C(=O)Cn3ccc4cccnc43)CC2)cn1. The third kappa shape index (κ3) is 4.75. The standard InChI is InChI=1S/C26H25F3N6O/c1-2-23-31-15-19(16-32-23)21-14-20(26(27,28)29)5-6-22(21)33-10-12-34(13-11-33)24(36)17-35-9-7-18-4-3-8-30-25(18)35/h3-9,14-16H,2,10-13,17H2,1H3. The number of amides is 1. The number of hydrogen-bond acceptors (Lipinski definition) is 5. The summed E-state index contributed by atoms with van der Waals surface area (Å²) in [5.41, 5.74) is 1.66. The summed E-state index contributed by atoms with van der Waals surface area (Å²) in [7, 11) is 0. The van der Waals surface area contributed by atoms with Gasteiger partial charge in [-0.25, -0.2) is 15.0 Å². The van der Waals surface area contributed by atoms with Gasteiger partial charge in [0.15, 0.2) is 0 Å². The van der Waals surface area contributed by atoms with E-state index in [4.69, 9.17) is 0 Å². The van der Waals surface area contributed by atoms with E-state index in [1.807, 2.05) is 40.8 Å². The van der Waals surface area contributed by atoms with Crippen LogP contribution < -0.4 is 4.90 Å². The predicted octanol–water partition coefficient (Wildman–Crippen LogP) is 4.42.